The lowest BCUT2D eigenvalue weighted by Crippen LogP contribution is -2.13. The second-order valence-corrected chi connectivity index (χ2v) is 3.79. The summed E-state index contributed by atoms with van der Waals surface area (Å²) in [7, 11) is 1.77. The van der Waals surface area contributed by atoms with E-state index in [-0.39, 0.29) is 5.91 Å². The van der Waals surface area contributed by atoms with Crippen molar-refractivity contribution in [1.29, 1.82) is 0 Å². The fraction of sp³-hybridized carbons (Fsp3) is 0.125. The number of hydrogen-bond donors (Lipinski definition) is 2. The standard InChI is InChI=1S/C8H9N5OS/c1-13-3-2-6(12-13)11-7(14)5-4-15-8(9)10-5/h2-4H,1H3,(H2,9,10)(H,11,12,14). The summed E-state index contributed by atoms with van der Waals surface area (Å²) in [6.45, 7) is 0. The van der Waals surface area contributed by atoms with E-state index in [0.29, 0.717) is 16.6 Å². The molecule has 15 heavy (non-hydrogen) atoms. The molecule has 0 aliphatic carbocycles. The van der Waals surface area contributed by atoms with Gasteiger partial charge in [0.05, 0.1) is 0 Å². The van der Waals surface area contributed by atoms with Crippen molar-refractivity contribution in [3.63, 3.8) is 0 Å². The van der Waals surface area contributed by atoms with Crippen LogP contribution < -0.4 is 11.1 Å². The summed E-state index contributed by atoms with van der Waals surface area (Å²) in [6.07, 6.45) is 1.74. The first-order chi connectivity index (χ1) is 7.15. The van der Waals surface area contributed by atoms with E-state index in [1.807, 2.05) is 0 Å². The summed E-state index contributed by atoms with van der Waals surface area (Å²) < 4.78 is 1.60. The first-order valence-corrected chi connectivity index (χ1v) is 5.05. The minimum atomic E-state index is -0.304. The van der Waals surface area contributed by atoms with Crippen LogP contribution in [-0.4, -0.2) is 20.7 Å². The van der Waals surface area contributed by atoms with E-state index < -0.39 is 0 Å². The van der Waals surface area contributed by atoms with E-state index in [0.717, 1.165) is 0 Å². The molecule has 0 fully saturated rings. The van der Waals surface area contributed by atoms with Crippen molar-refractivity contribution in [3.8, 4) is 0 Å². The molecule has 0 aromatic carbocycles. The maximum atomic E-state index is 11.6. The molecule has 0 radical (unpaired) electrons. The third-order valence-corrected chi connectivity index (χ3v) is 2.38. The highest BCUT2D eigenvalue weighted by Crippen LogP contribution is 2.12. The fourth-order valence-corrected chi connectivity index (χ4v) is 1.60. The zero-order valence-corrected chi connectivity index (χ0v) is 8.78. The molecule has 0 bridgehead atoms. The number of nitrogens with one attached hydrogen (secondary N) is 1. The molecule has 0 aliphatic heterocycles. The maximum absolute atomic E-state index is 11.6. The zero-order valence-electron chi connectivity index (χ0n) is 7.97. The van der Waals surface area contributed by atoms with Crippen LogP contribution in [0.3, 0.4) is 0 Å². The minimum absolute atomic E-state index is 0.304. The number of aromatic nitrogens is 3. The second-order valence-electron chi connectivity index (χ2n) is 2.90. The van der Waals surface area contributed by atoms with Crippen molar-refractivity contribution < 1.29 is 4.79 Å². The summed E-state index contributed by atoms with van der Waals surface area (Å²) >= 11 is 1.23. The molecule has 1 amide bonds. The second kappa shape index (κ2) is 3.70. The number of aryl methyl sites for hydroxylation is 1. The maximum Gasteiger partial charge on any atom is 0.276 e. The molecule has 78 valence electrons. The number of hydrogen-bond acceptors (Lipinski definition) is 5. The van der Waals surface area contributed by atoms with Crippen LogP contribution in [0.5, 0.6) is 0 Å². The van der Waals surface area contributed by atoms with E-state index in [1.165, 1.54) is 11.3 Å². The number of thiazole rings is 1. The predicted octanol–water partition coefficient (Wildman–Crippen LogP) is 0.711. The topological polar surface area (TPSA) is 85.8 Å². The number of nitrogens with zero attached hydrogens (tertiary/aromatic N) is 3. The molecule has 0 saturated carbocycles. The third kappa shape index (κ3) is 2.13. The summed E-state index contributed by atoms with van der Waals surface area (Å²) in [6, 6.07) is 1.70. The van der Waals surface area contributed by atoms with Crippen molar-refractivity contribution in [3.05, 3.63) is 23.3 Å². The Balaban J connectivity index is 2.10. The lowest BCUT2D eigenvalue weighted by atomic mass is 10.4. The van der Waals surface area contributed by atoms with Crippen LogP contribution in [0, 0.1) is 0 Å². The van der Waals surface area contributed by atoms with E-state index in [9.17, 15) is 4.79 Å². The highest BCUT2D eigenvalue weighted by Gasteiger charge is 2.10. The van der Waals surface area contributed by atoms with Crippen LogP contribution in [0.1, 0.15) is 10.5 Å². The van der Waals surface area contributed by atoms with Gasteiger partial charge in [0.15, 0.2) is 10.9 Å². The lowest BCUT2D eigenvalue weighted by Gasteiger charge is -1.97. The molecule has 2 aromatic rings. The Bertz CT molecular complexity index is 489. The third-order valence-electron chi connectivity index (χ3n) is 1.71. The van der Waals surface area contributed by atoms with Gasteiger partial charge in [-0.1, -0.05) is 0 Å². The molecule has 0 aliphatic rings. The number of carbonyl (C=O) groups excluding carboxylic acids is 1. The highest BCUT2D eigenvalue weighted by molar-refractivity contribution is 7.13. The molecular weight excluding hydrogens is 214 g/mol. The van der Waals surface area contributed by atoms with Crippen LogP contribution in [0.2, 0.25) is 0 Å². The first kappa shape index (κ1) is 9.66. The van der Waals surface area contributed by atoms with Gasteiger partial charge in [0.1, 0.15) is 5.69 Å². The Kier molecular flexibility index (Phi) is 2.38. The number of carbonyl (C=O) groups is 1. The molecule has 0 atom stereocenters. The Morgan fingerprint density at radius 1 is 1.67 bits per heavy atom. The smallest absolute Gasteiger partial charge is 0.276 e. The van der Waals surface area contributed by atoms with Crippen LogP contribution in [0.4, 0.5) is 10.9 Å². The molecule has 2 heterocycles. The lowest BCUT2D eigenvalue weighted by molar-refractivity contribution is 0.102. The number of nitrogen functional groups attached to an aromatic ring is 1. The number of anilines is 2. The Hall–Kier alpha value is -1.89. The normalized spacial score (nSPS) is 10.2. The summed E-state index contributed by atoms with van der Waals surface area (Å²) in [5.41, 5.74) is 5.73. The number of amides is 1. The van der Waals surface area contributed by atoms with Crippen molar-refractivity contribution in [2.45, 2.75) is 0 Å². The molecular formula is C8H9N5OS. The quantitative estimate of drug-likeness (QED) is 0.785. The first-order valence-electron chi connectivity index (χ1n) is 4.17. The molecule has 0 saturated heterocycles. The van der Waals surface area contributed by atoms with E-state index in [4.69, 9.17) is 5.73 Å². The van der Waals surface area contributed by atoms with Gasteiger partial charge in [-0.05, 0) is 0 Å². The van der Waals surface area contributed by atoms with Gasteiger partial charge in [-0.25, -0.2) is 4.98 Å². The molecule has 7 heteroatoms. The zero-order chi connectivity index (χ0) is 10.8. The van der Waals surface area contributed by atoms with Gasteiger partial charge in [0, 0.05) is 24.7 Å². The Morgan fingerprint density at radius 2 is 2.47 bits per heavy atom. The van der Waals surface area contributed by atoms with E-state index in [2.05, 4.69) is 15.4 Å². The van der Waals surface area contributed by atoms with Crippen molar-refractivity contribution >= 4 is 28.2 Å². The largest absolute Gasteiger partial charge is 0.375 e. The summed E-state index contributed by atoms with van der Waals surface area (Å²) in [5, 5.41) is 8.60. The van der Waals surface area contributed by atoms with Gasteiger partial charge in [-0.3, -0.25) is 9.48 Å². The number of nitrogens with two attached hydrogens (primary N) is 1. The van der Waals surface area contributed by atoms with Gasteiger partial charge in [-0.2, -0.15) is 5.10 Å². The molecule has 2 rings (SSSR count). The average Bonchev–Trinajstić information content (AvgIpc) is 2.75. The van der Waals surface area contributed by atoms with Gasteiger partial charge in [0.25, 0.3) is 5.91 Å². The van der Waals surface area contributed by atoms with Crippen LogP contribution >= 0.6 is 11.3 Å². The fourth-order valence-electron chi connectivity index (χ4n) is 1.05. The van der Waals surface area contributed by atoms with Crippen molar-refractivity contribution in [2.24, 2.45) is 7.05 Å². The van der Waals surface area contributed by atoms with Crippen LogP contribution in [0.15, 0.2) is 17.6 Å². The monoisotopic (exact) mass is 223 g/mol. The van der Waals surface area contributed by atoms with Crippen LogP contribution in [-0.2, 0) is 7.05 Å². The minimum Gasteiger partial charge on any atom is -0.375 e. The summed E-state index contributed by atoms with van der Waals surface area (Å²) in [4.78, 5) is 15.4. The predicted molar refractivity (Wildman–Crippen MR) is 57.7 cm³/mol. The summed E-state index contributed by atoms with van der Waals surface area (Å²) in [5.74, 6) is 0.190. The van der Waals surface area contributed by atoms with E-state index in [1.54, 1.807) is 29.4 Å². The Morgan fingerprint density at radius 3 is 3.00 bits per heavy atom. The average molecular weight is 223 g/mol. The molecule has 6 nitrogen and oxygen atoms in total. The number of rotatable bonds is 2. The highest BCUT2D eigenvalue weighted by atomic mass is 32.1. The molecule has 3 N–H and O–H groups in total. The van der Waals surface area contributed by atoms with Crippen molar-refractivity contribution in [2.75, 3.05) is 11.1 Å². The Labute approximate surface area is 89.7 Å². The van der Waals surface area contributed by atoms with Gasteiger partial charge < -0.3 is 11.1 Å². The van der Waals surface area contributed by atoms with Crippen LogP contribution in [0.25, 0.3) is 0 Å². The SMILES string of the molecule is Cn1ccc(NC(=O)c2csc(N)n2)n1. The van der Waals surface area contributed by atoms with Crippen molar-refractivity contribution in [1.82, 2.24) is 14.8 Å². The molecule has 0 unspecified atom stereocenters. The van der Waals surface area contributed by atoms with Gasteiger partial charge >= 0.3 is 0 Å². The van der Waals surface area contributed by atoms with Gasteiger partial charge in [-0.15, -0.1) is 11.3 Å². The molecule has 2 aromatic heterocycles. The molecule has 0 spiro atoms. The van der Waals surface area contributed by atoms with Gasteiger partial charge in [0.2, 0.25) is 0 Å². The van der Waals surface area contributed by atoms with E-state index >= 15 is 0 Å².